The topological polar surface area (TPSA) is 58.6 Å². The second-order valence-corrected chi connectivity index (χ2v) is 9.86. The van der Waals surface area contributed by atoms with Crippen LogP contribution in [0, 0.1) is 5.92 Å². The molecule has 0 spiro atoms. The number of benzene rings is 2. The molecule has 2 aromatic rings. The third kappa shape index (κ3) is 6.76. The normalized spacial score (nSPS) is 19.7. The number of ether oxygens (including phenoxy) is 1. The largest absolute Gasteiger partial charge is 0.449 e. The Balaban J connectivity index is 1.51. The van der Waals surface area contributed by atoms with Gasteiger partial charge in [0, 0.05) is 12.5 Å². The van der Waals surface area contributed by atoms with E-state index < -0.39 is 77.4 Å². The van der Waals surface area contributed by atoms with E-state index in [1.807, 2.05) is 0 Å². The van der Waals surface area contributed by atoms with Crippen LogP contribution in [0.3, 0.4) is 0 Å². The van der Waals surface area contributed by atoms with Crippen molar-refractivity contribution in [2.24, 2.45) is 5.92 Å². The lowest BCUT2D eigenvalue weighted by Gasteiger charge is -2.40. The van der Waals surface area contributed by atoms with Crippen molar-refractivity contribution in [3.05, 3.63) is 64.2 Å². The Kier molecular flexibility index (Phi) is 7.96. The molecule has 1 aliphatic carbocycles. The Labute approximate surface area is 226 Å². The van der Waals surface area contributed by atoms with Gasteiger partial charge in [0.2, 0.25) is 0 Å². The van der Waals surface area contributed by atoms with Crippen molar-refractivity contribution >= 4 is 28.7 Å². The molecule has 2 aromatic carbocycles. The SMILES string of the molecule is O=C(N[C@@H]1C[C@H](C2CC2)N(C(=O)Cl)c2ccc(C(F)(F)F)cc21)OCCc1cc(C(F)(F)F)cc(C(F)(F)F)c1. The Hall–Kier alpha value is -3.16. The number of rotatable bonds is 5. The summed E-state index contributed by atoms with van der Waals surface area (Å²) in [7, 11) is 0. The zero-order chi connectivity index (χ0) is 29.6. The third-order valence-electron chi connectivity index (χ3n) is 6.72. The number of anilines is 1. The Morgan fingerprint density at radius 3 is 1.95 bits per heavy atom. The van der Waals surface area contributed by atoms with Crippen molar-refractivity contribution in [3.63, 3.8) is 0 Å². The molecule has 218 valence electrons. The molecule has 5 nitrogen and oxygen atoms in total. The summed E-state index contributed by atoms with van der Waals surface area (Å²) in [6.45, 7) is -0.620. The molecule has 0 aromatic heterocycles. The van der Waals surface area contributed by atoms with Crippen LogP contribution in [0.2, 0.25) is 0 Å². The molecular formula is C25H20ClF9N2O3. The number of carbonyl (C=O) groups is 2. The number of amides is 2. The summed E-state index contributed by atoms with van der Waals surface area (Å²) >= 11 is 5.75. The summed E-state index contributed by atoms with van der Waals surface area (Å²) in [6, 6.07) is 2.04. The highest BCUT2D eigenvalue weighted by molar-refractivity contribution is 6.66. The van der Waals surface area contributed by atoms with Gasteiger partial charge in [-0.25, -0.2) is 4.79 Å². The van der Waals surface area contributed by atoms with Crippen LogP contribution in [0.5, 0.6) is 0 Å². The van der Waals surface area contributed by atoms with E-state index in [1.54, 1.807) is 0 Å². The minimum atomic E-state index is -5.05. The second-order valence-electron chi connectivity index (χ2n) is 9.53. The number of halogens is 10. The highest BCUT2D eigenvalue weighted by Crippen LogP contribution is 2.48. The standard InChI is InChI=1S/C25H20ClF9N2O3/c26-21(38)37-19-4-3-14(23(27,28)29)10-17(19)18(11-20(37)13-1-2-13)36-22(39)40-6-5-12-7-15(24(30,31)32)9-16(8-12)25(33,34)35/h3-4,7-10,13,18,20H,1-2,5-6,11H2,(H,36,39)/t18-,20-/m1/s1. The number of fused-ring (bicyclic) bond motifs is 1. The van der Waals surface area contributed by atoms with Gasteiger partial charge in [0.05, 0.1) is 35.0 Å². The van der Waals surface area contributed by atoms with E-state index in [-0.39, 0.29) is 29.7 Å². The lowest BCUT2D eigenvalue weighted by Crippen LogP contribution is -2.47. The molecule has 0 bridgehead atoms. The van der Waals surface area contributed by atoms with Crippen LogP contribution >= 0.6 is 11.6 Å². The maximum atomic E-state index is 13.4. The van der Waals surface area contributed by atoms with Crippen LogP contribution in [0.25, 0.3) is 0 Å². The molecule has 0 radical (unpaired) electrons. The number of nitrogens with zero attached hydrogens (tertiary/aromatic N) is 1. The molecule has 40 heavy (non-hydrogen) atoms. The van der Waals surface area contributed by atoms with Crippen LogP contribution in [-0.4, -0.2) is 24.1 Å². The van der Waals surface area contributed by atoms with E-state index in [1.165, 1.54) is 4.90 Å². The van der Waals surface area contributed by atoms with Crippen LogP contribution < -0.4 is 10.2 Å². The molecule has 1 fully saturated rings. The van der Waals surface area contributed by atoms with Crippen LogP contribution in [0.1, 0.15) is 53.1 Å². The van der Waals surface area contributed by atoms with Gasteiger partial charge in [-0.15, -0.1) is 0 Å². The van der Waals surface area contributed by atoms with Crippen molar-refractivity contribution in [3.8, 4) is 0 Å². The molecule has 0 unspecified atom stereocenters. The molecule has 1 saturated carbocycles. The van der Waals surface area contributed by atoms with Gasteiger partial charge in [0.25, 0.3) is 0 Å². The van der Waals surface area contributed by atoms with Crippen molar-refractivity contribution < 1.29 is 53.8 Å². The third-order valence-corrected chi connectivity index (χ3v) is 6.90. The highest BCUT2D eigenvalue weighted by Gasteiger charge is 2.45. The van der Waals surface area contributed by atoms with E-state index >= 15 is 0 Å². The van der Waals surface area contributed by atoms with Gasteiger partial charge in [-0.05, 0) is 84.3 Å². The fraction of sp³-hybridized carbons (Fsp3) is 0.440. The van der Waals surface area contributed by atoms with E-state index in [2.05, 4.69) is 5.32 Å². The number of hydrogen-bond donors (Lipinski definition) is 1. The van der Waals surface area contributed by atoms with Gasteiger partial charge in [0.1, 0.15) is 0 Å². The first kappa shape index (κ1) is 29.8. The van der Waals surface area contributed by atoms with E-state index in [0.29, 0.717) is 12.1 Å². The summed E-state index contributed by atoms with van der Waals surface area (Å²) < 4.78 is 124. The van der Waals surface area contributed by atoms with E-state index in [4.69, 9.17) is 16.3 Å². The van der Waals surface area contributed by atoms with E-state index in [9.17, 15) is 49.1 Å². The molecule has 1 aliphatic heterocycles. The summed E-state index contributed by atoms with van der Waals surface area (Å²) in [4.78, 5) is 25.9. The van der Waals surface area contributed by atoms with Crippen LogP contribution in [-0.2, 0) is 29.7 Å². The predicted molar refractivity (Wildman–Crippen MR) is 124 cm³/mol. The quantitative estimate of drug-likeness (QED) is 0.214. The van der Waals surface area contributed by atoms with Gasteiger partial charge < -0.3 is 10.1 Å². The summed E-state index contributed by atoms with van der Waals surface area (Å²) in [6.07, 6.45) is -15.0. The molecule has 2 atom stereocenters. The highest BCUT2D eigenvalue weighted by atomic mass is 35.5. The predicted octanol–water partition coefficient (Wildman–Crippen LogP) is 8.10. The van der Waals surface area contributed by atoms with E-state index in [0.717, 1.165) is 31.0 Å². The average Bonchev–Trinajstić information content (AvgIpc) is 3.67. The average molecular weight is 603 g/mol. The molecule has 1 N–H and O–H groups in total. The van der Waals surface area contributed by atoms with Crippen molar-refractivity contribution in [1.29, 1.82) is 0 Å². The molecular weight excluding hydrogens is 583 g/mol. The molecule has 2 amide bonds. The number of hydrogen-bond acceptors (Lipinski definition) is 3. The monoisotopic (exact) mass is 602 g/mol. The number of carbonyl (C=O) groups excluding carboxylic acids is 2. The molecule has 15 heteroatoms. The Morgan fingerprint density at radius 2 is 1.45 bits per heavy atom. The zero-order valence-electron chi connectivity index (χ0n) is 20.2. The van der Waals surface area contributed by atoms with Gasteiger partial charge in [0.15, 0.2) is 0 Å². The first-order valence-corrected chi connectivity index (χ1v) is 12.2. The minimum Gasteiger partial charge on any atom is -0.449 e. The fourth-order valence-corrected chi connectivity index (χ4v) is 4.95. The first-order chi connectivity index (χ1) is 18.4. The van der Waals surface area contributed by atoms with Gasteiger partial charge >= 0.3 is 30.0 Å². The Morgan fingerprint density at radius 1 is 0.875 bits per heavy atom. The Bertz CT molecular complexity index is 1260. The minimum absolute atomic E-state index is 0.00204. The van der Waals surface area contributed by atoms with Crippen molar-refractivity contribution in [2.45, 2.75) is 56.3 Å². The molecule has 2 aliphatic rings. The second kappa shape index (κ2) is 10.7. The lowest BCUT2D eigenvalue weighted by molar-refractivity contribution is -0.143. The van der Waals surface area contributed by atoms with Crippen LogP contribution in [0.4, 0.5) is 54.8 Å². The molecule has 4 rings (SSSR count). The lowest BCUT2D eigenvalue weighted by atomic mass is 9.88. The number of nitrogens with one attached hydrogen (secondary N) is 1. The van der Waals surface area contributed by atoms with Gasteiger partial charge in [-0.2, -0.15) is 39.5 Å². The summed E-state index contributed by atoms with van der Waals surface area (Å²) in [5.74, 6) is 0.00204. The van der Waals surface area contributed by atoms with Crippen molar-refractivity contribution in [1.82, 2.24) is 5.32 Å². The number of alkyl halides is 9. The summed E-state index contributed by atoms with van der Waals surface area (Å²) in [5.41, 5.74) is -4.45. The molecule has 1 heterocycles. The smallest absolute Gasteiger partial charge is 0.416 e. The van der Waals surface area contributed by atoms with Crippen LogP contribution in [0.15, 0.2) is 36.4 Å². The fourth-order valence-electron chi connectivity index (χ4n) is 4.74. The zero-order valence-corrected chi connectivity index (χ0v) is 20.9. The number of alkyl carbamates (subject to hydrolysis) is 1. The first-order valence-electron chi connectivity index (χ1n) is 11.9. The maximum absolute atomic E-state index is 13.4. The molecule has 0 saturated heterocycles. The van der Waals surface area contributed by atoms with Gasteiger partial charge in [-0.1, -0.05) is 0 Å². The van der Waals surface area contributed by atoms with Gasteiger partial charge in [-0.3, -0.25) is 9.69 Å². The van der Waals surface area contributed by atoms with Crippen molar-refractivity contribution in [2.75, 3.05) is 11.5 Å². The maximum Gasteiger partial charge on any atom is 0.416 e. The summed E-state index contributed by atoms with van der Waals surface area (Å²) in [5, 5.41) is 1.51.